The van der Waals surface area contributed by atoms with E-state index in [9.17, 15) is 14.7 Å². The summed E-state index contributed by atoms with van der Waals surface area (Å²) in [5.41, 5.74) is 2.15. The lowest BCUT2D eigenvalue weighted by molar-refractivity contribution is -0.145. The summed E-state index contributed by atoms with van der Waals surface area (Å²) in [6.45, 7) is 2.46. The minimum Gasteiger partial charge on any atom is -0.481 e. The molecule has 1 saturated carbocycles. The number of carboxylic acid groups (broad SMARTS) is 1. The third-order valence-corrected chi connectivity index (χ3v) is 4.27. The Hall–Kier alpha value is -2.10. The van der Waals surface area contributed by atoms with Crippen molar-refractivity contribution in [3.63, 3.8) is 0 Å². The molecule has 1 aromatic carbocycles. The SMILES string of the molecule is Cc1ccc(/C=C/C(=O)NC[C@@H]2CCCC[C@@H]2C(=O)O)cc1. The van der Waals surface area contributed by atoms with Crippen molar-refractivity contribution in [3.8, 4) is 0 Å². The standard InChI is InChI=1S/C18H23NO3/c1-13-6-8-14(9-7-13)10-11-17(20)19-12-15-4-2-3-5-16(15)18(21)22/h6-11,15-16H,2-5,12H2,1H3,(H,19,20)(H,21,22)/b11-10+/t15-,16-/m0/s1. The molecule has 4 nitrogen and oxygen atoms in total. The average molecular weight is 301 g/mol. The molecular formula is C18H23NO3. The van der Waals surface area contributed by atoms with E-state index in [1.807, 2.05) is 31.2 Å². The molecule has 2 atom stereocenters. The zero-order valence-corrected chi connectivity index (χ0v) is 12.9. The van der Waals surface area contributed by atoms with Gasteiger partial charge in [-0.05, 0) is 37.3 Å². The summed E-state index contributed by atoms with van der Waals surface area (Å²) in [4.78, 5) is 23.1. The van der Waals surface area contributed by atoms with Crippen molar-refractivity contribution >= 4 is 18.0 Å². The zero-order valence-electron chi connectivity index (χ0n) is 12.9. The van der Waals surface area contributed by atoms with Crippen LogP contribution in [0.15, 0.2) is 30.3 Å². The Labute approximate surface area is 131 Å². The van der Waals surface area contributed by atoms with Crippen LogP contribution in [0.25, 0.3) is 6.08 Å². The molecule has 22 heavy (non-hydrogen) atoms. The molecule has 0 aliphatic heterocycles. The first-order chi connectivity index (χ1) is 10.6. The van der Waals surface area contributed by atoms with Gasteiger partial charge >= 0.3 is 5.97 Å². The van der Waals surface area contributed by atoms with Crippen molar-refractivity contribution in [1.82, 2.24) is 5.32 Å². The zero-order chi connectivity index (χ0) is 15.9. The lowest BCUT2D eigenvalue weighted by atomic mass is 9.79. The summed E-state index contributed by atoms with van der Waals surface area (Å²) in [5.74, 6) is -1.19. The largest absolute Gasteiger partial charge is 0.481 e. The van der Waals surface area contributed by atoms with Crippen molar-refractivity contribution in [2.24, 2.45) is 11.8 Å². The highest BCUT2D eigenvalue weighted by Gasteiger charge is 2.30. The van der Waals surface area contributed by atoms with Gasteiger partial charge in [-0.3, -0.25) is 9.59 Å². The van der Waals surface area contributed by atoms with E-state index in [1.54, 1.807) is 6.08 Å². The van der Waals surface area contributed by atoms with E-state index in [4.69, 9.17) is 0 Å². The molecule has 118 valence electrons. The third-order valence-electron chi connectivity index (χ3n) is 4.27. The van der Waals surface area contributed by atoms with Crippen LogP contribution in [-0.2, 0) is 9.59 Å². The highest BCUT2D eigenvalue weighted by molar-refractivity contribution is 5.91. The number of carbonyl (C=O) groups excluding carboxylic acids is 1. The van der Waals surface area contributed by atoms with Crippen molar-refractivity contribution < 1.29 is 14.7 Å². The fraction of sp³-hybridized carbons (Fsp3) is 0.444. The molecule has 0 aromatic heterocycles. The summed E-state index contributed by atoms with van der Waals surface area (Å²) in [5, 5.41) is 12.1. The van der Waals surface area contributed by atoms with Crippen molar-refractivity contribution in [1.29, 1.82) is 0 Å². The van der Waals surface area contributed by atoms with Crippen LogP contribution in [0.5, 0.6) is 0 Å². The highest BCUT2D eigenvalue weighted by Crippen LogP contribution is 2.29. The quantitative estimate of drug-likeness (QED) is 0.822. The van der Waals surface area contributed by atoms with Crippen LogP contribution < -0.4 is 5.32 Å². The van der Waals surface area contributed by atoms with E-state index in [1.165, 1.54) is 11.6 Å². The van der Waals surface area contributed by atoms with Crippen LogP contribution in [0, 0.1) is 18.8 Å². The van der Waals surface area contributed by atoms with Gasteiger partial charge in [0, 0.05) is 12.6 Å². The molecule has 2 rings (SSSR count). The van der Waals surface area contributed by atoms with Crippen LogP contribution in [-0.4, -0.2) is 23.5 Å². The molecule has 1 fully saturated rings. The molecule has 0 saturated heterocycles. The van der Waals surface area contributed by atoms with E-state index >= 15 is 0 Å². The number of carboxylic acids is 1. The van der Waals surface area contributed by atoms with Gasteiger partial charge < -0.3 is 10.4 Å². The van der Waals surface area contributed by atoms with Crippen LogP contribution in [0.4, 0.5) is 0 Å². The van der Waals surface area contributed by atoms with Crippen LogP contribution >= 0.6 is 0 Å². The predicted molar refractivity (Wildman–Crippen MR) is 86.3 cm³/mol. The van der Waals surface area contributed by atoms with E-state index in [-0.39, 0.29) is 17.7 Å². The van der Waals surface area contributed by atoms with E-state index < -0.39 is 5.97 Å². The Bertz CT molecular complexity index is 548. The van der Waals surface area contributed by atoms with Crippen molar-refractivity contribution in [3.05, 3.63) is 41.5 Å². The second-order valence-corrected chi connectivity index (χ2v) is 5.98. The maximum Gasteiger partial charge on any atom is 0.306 e. The predicted octanol–water partition coefficient (Wildman–Crippen LogP) is 3.02. The summed E-state index contributed by atoms with van der Waals surface area (Å²) in [7, 11) is 0. The molecule has 1 aliphatic carbocycles. The number of hydrogen-bond acceptors (Lipinski definition) is 2. The lowest BCUT2D eigenvalue weighted by Gasteiger charge is -2.28. The van der Waals surface area contributed by atoms with Gasteiger partial charge in [-0.15, -0.1) is 0 Å². The smallest absolute Gasteiger partial charge is 0.306 e. The fourth-order valence-electron chi connectivity index (χ4n) is 2.92. The minimum absolute atomic E-state index is 0.0444. The Morgan fingerprint density at radius 2 is 1.91 bits per heavy atom. The Morgan fingerprint density at radius 3 is 2.59 bits per heavy atom. The van der Waals surface area contributed by atoms with Gasteiger partial charge in [0.25, 0.3) is 0 Å². The van der Waals surface area contributed by atoms with Crippen molar-refractivity contribution in [2.75, 3.05) is 6.54 Å². The Kier molecular flexibility index (Phi) is 5.75. The van der Waals surface area contributed by atoms with Crippen molar-refractivity contribution in [2.45, 2.75) is 32.6 Å². The third kappa shape index (κ3) is 4.72. The molecule has 0 spiro atoms. The van der Waals surface area contributed by atoms with Gasteiger partial charge in [0.2, 0.25) is 5.91 Å². The lowest BCUT2D eigenvalue weighted by Crippen LogP contribution is -2.36. The molecule has 1 aliphatic rings. The number of rotatable bonds is 5. The number of aryl methyl sites for hydroxylation is 1. The van der Waals surface area contributed by atoms with E-state index in [0.29, 0.717) is 6.54 Å². The van der Waals surface area contributed by atoms with E-state index in [0.717, 1.165) is 31.2 Å². The average Bonchev–Trinajstić information content (AvgIpc) is 2.52. The molecule has 0 bridgehead atoms. The van der Waals surface area contributed by atoms with Crippen LogP contribution in [0.2, 0.25) is 0 Å². The second-order valence-electron chi connectivity index (χ2n) is 5.98. The maximum absolute atomic E-state index is 11.9. The molecular weight excluding hydrogens is 278 g/mol. The normalized spacial score (nSPS) is 21.7. The van der Waals surface area contributed by atoms with Gasteiger partial charge in [-0.25, -0.2) is 0 Å². The molecule has 2 N–H and O–H groups in total. The van der Waals surface area contributed by atoms with Crippen LogP contribution in [0.3, 0.4) is 0 Å². The number of carbonyl (C=O) groups is 2. The molecule has 0 heterocycles. The van der Waals surface area contributed by atoms with Crippen LogP contribution in [0.1, 0.15) is 36.8 Å². The highest BCUT2D eigenvalue weighted by atomic mass is 16.4. The maximum atomic E-state index is 11.9. The summed E-state index contributed by atoms with van der Waals surface area (Å²) in [6, 6.07) is 7.91. The molecule has 1 aromatic rings. The van der Waals surface area contributed by atoms with Gasteiger partial charge in [-0.1, -0.05) is 42.7 Å². The first-order valence-corrected chi connectivity index (χ1v) is 7.81. The van der Waals surface area contributed by atoms with Gasteiger partial charge in [-0.2, -0.15) is 0 Å². The Balaban J connectivity index is 1.84. The molecule has 1 amide bonds. The fourth-order valence-corrected chi connectivity index (χ4v) is 2.92. The number of nitrogens with one attached hydrogen (secondary N) is 1. The molecule has 0 radical (unpaired) electrons. The molecule has 0 unspecified atom stereocenters. The first-order valence-electron chi connectivity index (χ1n) is 7.81. The number of aliphatic carboxylic acids is 1. The summed E-state index contributed by atoms with van der Waals surface area (Å²) in [6.07, 6.45) is 6.87. The molecule has 4 heteroatoms. The monoisotopic (exact) mass is 301 g/mol. The summed E-state index contributed by atoms with van der Waals surface area (Å²) < 4.78 is 0. The van der Waals surface area contributed by atoms with Gasteiger partial charge in [0.1, 0.15) is 0 Å². The Morgan fingerprint density at radius 1 is 1.23 bits per heavy atom. The van der Waals surface area contributed by atoms with Gasteiger partial charge in [0.05, 0.1) is 5.92 Å². The number of amides is 1. The minimum atomic E-state index is -0.742. The van der Waals surface area contributed by atoms with E-state index in [2.05, 4.69) is 5.32 Å². The topological polar surface area (TPSA) is 66.4 Å². The first kappa shape index (κ1) is 16.3. The number of hydrogen-bond donors (Lipinski definition) is 2. The second kappa shape index (κ2) is 7.78. The number of benzene rings is 1. The van der Waals surface area contributed by atoms with Gasteiger partial charge in [0.15, 0.2) is 0 Å². The summed E-state index contributed by atoms with van der Waals surface area (Å²) >= 11 is 0.